The van der Waals surface area contributed by atoms with Gasteiger partial charge in [0.05, 0.1) is 65.0 Å². The van der Waals surface area contributed by atoms with Gasteiger partial charge in [-0.3, -0.25) is 9.59 Å². The van der Waals surface area contributed by atoms with Crippen LogP contribution in [0.2, 0.25) is 0 Å². The number of fused-ring (bicyclic) bond motifs is 3. The summed E-state index contributed by atoms with van der Waals surface area (Å²) in [5, 5.41) is 88.8. The molecular weight excluding hydrogens is 712 g/mol. The Morgan fingerprint density at radius 2 is 1.26 bits per heavy atom. The largest absolute Gasteiger partial charge is 0.507 e. The Kier molecular flexibility index (Phi) is 10.6. The Hall–Kier alpha value is -3.26. The summed E-state index contributed by atoms with van der Waals surface area (Å²) < 4.78 is 36.2. The van der Waals surface area contributed by atoms with E-state index in [1.54, 1.807) is 27.7 Å². The zero-order chi connectivity index (χ0) is 39.0. The number of aliphatic hydroxyl groups excluding tert-OH is 4. The molecule has 3 saturated heterocycles. The lowest BCUT2D eigenvalue weighted by molar-refractivity contribution is -0.333. The van der Waals surface area contributed by atoms with Crippen LogP contribution in [0.3, 0.4) is 0 Å². The van der Waals surface area contributed by atoms with E-state index in [9.17, 15) is 50.4 Å². The Balaban J connectivity index is 1.08. The second kappa shape index (κ2) is 14.7. The highest BCUT2D eigenvalue weighted by Crippen LogP contribution is 2.56. The molecule has 8 N–H and O–H groups in total. The van der Waals surface area contributed by atoms with Crippen molar-refractivity contribution < 1.29 is 78.9 Å². The van der Waals surface area contributed by atoms with Crippen LogP contribution in [0, 0.1) is 0 Å². The first-order valence-corrected chi connectivity index (χ1v) is 18.4. The molecule has 3 fully saturated rings. The van der Waals surface area contributed by atoms with E-state index in [1.807, 2.05) is 0 Å². The zero-order valence-corrected chi connectivity index (χ0v) is 30.3. The first-order valence-electron chi connectivity index (χ1n) is 18.4. The Morgan fingerprint density at radius 1 is 0.704 bits per heavy atom. The molecule has 296 valence electrons. The van der Waals surface area contributed by atoms with Gasteiger partial charge in [0.2, 0.25) is 5.78 Å². The van der Waals surface area contributed by atoms with Crippen molar-refractivity contribution >= 4 is 11.6 Å². The zero-order valence-electron chi connectivity index (χ0n) is 30.3. The van der Waals surface area contributed by atoms with Gasteiger partial charge in [0.15, 0.2) is 24.7 Å². The number of phenols is 3. The second-order valence-corrected chi connectivity index (χ2v) is 15.1. The fraction of sp³-hybridized carbons (Fsp3) is 0.632. The highest BCUT2D eigenvalue weighted by atomic mass is 16.7. The topological polar surface area (TPSA) is 251 Å². The summed E-state index contributed by atoms with van der Waals surface area (Å²) in [6.07, 6.45) is -11.8. The standard InChI is InChI=1S/C38H48O16/c1-5-38(48)13-22(27-30(37(38)47)34(46)28-29(33(27)45)32(44)26-17(31(28)43)7-6-8-19(26)40)52-24-11-20(41)36(16(4)50-24)54-25-12-21(42)35(15(3)51-25)53-23-10-9-18(39)14(2)49-23/h6-8,14-16,18,20-25,35-37,39-42,45-48H,5,9-13H2,1-4H3. The molecule has 14 atom stereocenters. The molecular formula is C38H48O16. The molecule has 0 bridgehead atoms. The summed E-state index contributed by atoms with van der Waals surface area (Å²) in [6.45, 7) is 6.69. The molecule has 7 rings (SSSR count). The molecule has 0 spiro atoms. The number of ketones is 2. The van der Waals surface area contributed by atoms with Crippen molar-refractivity contribution in [1.82, 2.24) is 0 Å². The fourth-order valence-corrected chi connectivity index (χ4v) is 8.48. The quantitative estimate of drug-likeness (QED) is 0.160. The van der Waals surface area contributed by atoms with Crippen molar-refractivity contribution in [3.63, 3.8) is 0 Å². The maximum Gasteiger partial charge on any atom is 0.202 e. The van der Waals surface area contributed by atoms with Crippen LogP contribution in [0.1, 0.15) is 121 Å². The van der Waals surface area contributed by atoms with Crippen LogP contribution in [0.4, 0.5) is 0 Å². The van der Waals surface area contributed by atoms with E-state index in [0.29, 0.717) is 12.8 Å². The van der Waals surface area contributed by atoms with E-state index in [4.69, 9.17) is 28.4 Å². The van der Waals surface area contributed by atoms with Gasteiger partial charge in [-0.1, -0.05) is 19.1 Å². The van der Waals surface area contributed by atoms with Gasteiger partial charge in [-0.2, -0.15) is 0 Å². The van der Waals surface area contributed by atoms with Crippen LogP contribution in [0.5, 0.6) is 17.2 Å². The first kappa shape index (κ1) is 39.0. The smallest absolute Gasteiger partial charge is 0.202 e. The molecule has 2 aromatic rings. The summed E-state index contributed by atoms with van der Waals surface area (Å²) in [6, 6.07) is 3.85. The fourth-order valence-electron chi connectivity index (χ4n) is 8.48. The van der Waals surface area contributed by atoms with Crippen LogP contribution >= 0.6 is 0 Å². The predicted octanol–water partition coefficient (Wildman–Crippen LogP) is 1.86. The van der Waals surface area contributed by atoms with E-state index in [0.717, 1.165) is 0 Å². The average Bonchev–Trinajstić information content (AvgIpc) is 3.11. The van der Waals surface area contributed by atoms with Gasteiger partial charge in [0.25, 0.3) is 0 Å². The van der Waals surface area contributed by atoms with Crippen molar-refractivity contribution in [2.24, 2.45) is 0 Å². The number of carbonyl (C=O) groups excluding carboxylic acids is 2. The molecule has 2 aromatic carbocycles. The summed E-state index contributed by atoms with van der Waals surface area (Å²) >= 11 is 0. The number of phenolic OH excluding ortho intramolecular Hbond substituents is 3. The van der Waals surface area contributed by atoms with Gasteiger partial charge in [0, 0.05) is 42.4 Å². The van der Waals surface area contributed by atoms with Crippen molar-refractivity contribution in [3.05, 3.63) is 51.6 Å². The normalized spacial score (nSPS) is 39.5. The van der Waals surface area contributed by atoms with Gasteiger partial charge in [-0.15, -0.1) is 0 Å². The lowest BCUT2D eigenvalue weighted by Crippen LogP contribution is -2.55. The molecule has 2 aliphatic carbocycles. The Morgan fingerprint density at radius 3 is 1.85 bits per heavy atom. The van der Waals surface area contributed by atoms with Crippen molar-refractivity contribution in [2.75, 3.05) is 0 Å². The van der Waals surface area contributed by atoms with E-state index in [2.05, 4.69) is 0 Å². The number of aromatic hydroxyl groups is 3. The van der Waals surface area contributed by atoms with E-state index in [-0.39, 0.29) is 42.4 Å². The SMILES string of the molecule is CCC1(O)CC(OC2CC(O)C(OC3CC(O)C(OC4CCC(O)C(C)O4)C(C)O3)C(C)O2)c2c(O)c3c(c(O)c2C1O)C(=O)c1cccc(O)c1C3=O. The predicted molar refractivity (Wildman–Crippen MR) is 183 cm³/mol. The van der Waals surface area contributed by atoms with Crippen LogP contribution in [0.15, 0.2) is 18.2 Å². The number of carbonyl (C=O) groups is 2. The van der Waals surface area contributed by atoms with Gasteiger partial charge in [-0.25, -0.2) is 0 Å². The van der Waals surface area contributed by atoms with Crippen LogP contribution in [0.25, 0.3) is 0 Å². The third kappa shape index (κ3) is 6.60. The lowest BCUT2D eigenvalue weighted by atomic mass is 9.70. The van der Waals surface area contributed by atoms with Crippen molar-refractivity contribution in [2.45, 2.75) is 152 Å². The molecule has 0 amide bonds. The van der Waals surface area contributed by atoms with Crippen LogP contribution in [-0.4, -0.2) is 126 Å². The summed E-state index contributed by atoms with van der Waals surface area (Å²) in [4.78, 5) is 27.3. The van der Waals surface area contributed by atoms with Crippen LogP contribution in [-0.2, 0) is 28.4 Å². The summed E-state index contributed by atoms with van der Waals surface area (Å²) in [5.41, 5.74) is -4.29. The molecule has 16 heteroatoms. The van der Waals surface area contributed by atoms with Gasteiger partial charge >= 0.3 is 0 Å². The van der Waals surface area contributed by atoms with Crippen LogP contribution < -0.4 is 0 Å². The van der Waals surface area contributed by atoms with E-state index >= 15 is 0 Å². The molecule has 3 heterocycles. The maximum atomic E-state index is 13.7. The number of aliphatic hydroxyl groups is 5. The van der Waals surface area contributed by atoms with Crippen molar-refractivity contribution in [3.8, 4) is 17.2 Å². The van der Waals surface area contributed by atoms with Gasteiger partial charge in [-0.05, 0) is 39.7 Å². The van der Waals surface area contributed by atoms with Gasteiger partial charge < -0.3 is 69.3 Å². The number of hydrogen-bond donors (Lipinski definition) is 8. The minimum atomic E-state index is -1.92. The molecule has 0 aromatic heterocycles. The molecule has 0 radical (unpaired) electrons. The molecule has 14 unspecified atom stereocenters. The minimum absolute atomic E-state index is 0.0170. The highest BCUT2D eigenvalue weighted by Gasteiger charge is 2.52. The molecule has 5 aliphatic rings. The monoisotopic (exact) mass is 760 g/mol. The molecule has 0 saturated carbocycles. The van der Waals surface area contributed by atoms with Gasteiger partial charge in [0.1, 0.15) is 35.6 Å². The Bertz CT molecular complexity index is 1760. The van der Waals surface area contributed by atoms with Crippen molar-refractivity contribution in [1.29, 1.82) is 0 Å². The first-order chi connectivity index (χ1) is 25.5. The second-order valence-electron chi connectivity index (χ2n) is 15.1. The summed E-state index contributed by atoms with van der Waals surface area (Å²) in [7, 11) is 0. The average molecular weight is 761 g/mol. The minimum Gasteiger partial charge on any atom is -0.507 e. The highest BCUT2D eigenvalue weighted by molar-refractivity contribution is 6.31. The molecule has 3 aliphatic heterocycles. The summed E-state index contributed by atoms with van der Waals surface area (Å²) in [5.74, 6) is -3.90. The van der Waals surface area contributed by atoms with E-state index in [1.165, 1.54) is 18.2 Å². The van der Waals surface area contributed by atoms with E-state index < -0.39 is 131 Å². The maximum absolute atomic E-state index is 13.7. The third-order valence-corrected chi connectivity index (χ3v) is 11.6. The third-order valence-electron chi connectivity index (χ3n) is 11.6. The molecule has 16 nitrogen and oxygen atoms in total. The Labute approximate surface area is 310 Å². The number of benzene rings is 2. The molecule has 54 heavy (non-hydrogen) atoms. The number of ether oxygens (including phenoxy) is 6. The lowest BCUT2D eigenvalue weighted by Gasteiger charge is -2.46. The number of rotatable bonds is 7. The number of hydrogen-bond acceptors (Lipinski definition) is 16.